The number of ketones is 1. The first-order chi connectivity index (χ1) is 15.5. The van der Waals surface area contributed by atoms with Crippen molar-refractivity contribution in [3.05, 3.63) is 48.0 Å². The van der Waals surface area contributed by atoms with Gasteiger partial charge in [0.05, 0.1) is 25.4 Å². The Morgan fingerprint density at radius 2 is 2.03 bits per heavy atom. The van der Waals surface area contributed by atoms with Crippen LogP contribution < -0.4 is 25.3 Å². The van der Waals surface area contributed by atoms with Crippen LogP contribution in [-0.2, 0) is 11.2 Å². The maximum atomic E-state index is 11.4. The molecule has 2 heterocycles. The molecule has 7 heteroatoms. The number of nitrogens with zero attached hydrogens (tertiary/aromatic N) is 1. The van der Waals surface area contributed by atoms with Crippen molar-refractivity contribution in [3.8, 4) is 17.2 Å². The summed E-state index contributed by atoms with van der Waals surface area (Å²) in [5.41, 5.74) is 8.13. The minimum absolute atomic E-state index is 0.0603. The van der Waals surface area contributed by atoms with Gasteiger partial charge in [-0.15, -0.1) is 0 Å². The molecule has 32 heavy (non-hydrogen) atoms. The van der Waals surface area contributed by atoms with E-state index in [0.29, 0.717) is 24.7 Å². The molecule has 1 unspecified atom stereocenters. The summed E-state index contributed by atoms with van der Waals surface area (Å²) in [4.78, 5) is 13.8. The van der Waals surface area contributed by atoms with E-state index in [4.69, 9.17) is 19.9 Å². The number of ether oxygens (including phenoxy) is 3. The maximum absolute atomic E-state index is 11.4. The van der Waals surface area contributed by atoms with Crippen molar-refractivity contribution >= 4 is 11.5 Å². The maximum Gasteiger partial charge on any atom is 0.148 e. The summed E-state index contributed by atoms with van der Waals surface area (Å²) in [6, 6.07) is 14.0. The molecule has 0 bridgehead atoms. The van der Waals surface area contributed by atoms with E-state index in [9.17, 15) is 4.79 Å². The SMILES string of the molecule is COc1ccc(NCC(C)=O)c(OCC(CN)N2CCC3(CC2)Cc2ccccc2O3)c1. The summed E-state index contributed by atoms with van der Waals surface area (Å²) in [5, 5.41) is 3.14. The summed E-state index contributed by atoms with van der Waals surface area (Å²) in [6.07, 6.45) is 2.93. The number of nitrogens with two attached hydrogens (primary N) is 1. The van der Waals surface area contributed by atoms with E-state index in [1.807, 2.05) is 24.3 Å². The van der Waals surface area contributed by atoms with E-state index in [1.165, 1.54) is 5.56 Å². The Balaban J connectivity index is 1.36. The van der Waals surface area contributed by atoms with Crippen LogP contribution in [0.25, 0.3) is 0 Å². The zero-order valence-electron chi connectivity index (χ0n) is 18.9. The number of methoxy groups -OCH3 is 1. The molecule has 3 N–H and O–H groups in total. The summed E-state index contributed by atoms with van der Waals surface area (Å²) in [6.45, 7) is 4.62. The molecule has 2 aliphatic heterocycles. The number of para-hydroxylation sites is 1. The van der Waals surface area contributed by atoms with Gasteiger partial charge in [0.1, 0.15) is 35.2 Å². The van der Waals surface area contributed by atoms with Crippen LogP contribution in [-0.4, -0.2) is 62.2 Å². The Hall–Kier alpha value is -2.77. The van der Waals surface area contributed by atoms with Crippen molar-refractivity contribution in [3.63, 3.8) is 0 Å². The fourth-order valence-corrected chi connectivity index (χ4v) is 4.56. The van der Waals surface area contributed by atoms with Crippen LogP contribution in [0.4, 0.5) is 5.69 Å². The van der Waals surface area contributed by atoms with Crippen molar-refractivity contribution in [1.29, 1.82) is 0 Å². The molecule has 1 fully saturated rings. The van der Waals surface area contributed by atoms with E-state index in [0.717, 1.165) is 43.8 Å². The summed E-state index contributed by atoms with van der Waals surface area (Å²) in [7, 11) is 1.62. The Morgan fingerprint density at radius 3 is 2.72 bits per heavy atom. The van der Waals surface area contributed by atoms with Gasteiger partial charge in [0.25, 0.3) is 0 Å². The molecule has 1 spiro atoms. The molecule has 1 atom stereocenters. The quantitative estimate of drug-likeness (QED) is 0.621. The molecular formula is C25H33N3O4. The summed E-state index contributed by atoms with van der Waals surface area (Å²) >= 11 is 0. The monoisotopic (exact) mass is 439 g/mol. The Kier molecular flexibility index (Phi) is 6.86. The number of anilines is 1. The molecule has 1 saturated heterocycles. The van der Waals surface area contributed by atoms with Crippen LogP contribution >= 0.6 is 0 Å². The van der Waals surface area contributed by atoms with Crippen LogP contribution in [0.1, 0.15) is 25.3 Å². The number of carbonyl (C=O) groups excluding carboxylic acids is 1. The molecular weight excluding hydrogens is 406 g/mol. The first-order valence-corrected chi connectivity index (χ1v) is 11.3. The van der Waals surface area contributed by atoms with Crippen LogP contribution in [0.5, 0.6) is 17.2 Å². The number of carbonyl (C=O) groups is 1. The number of rotatable bonds is 9. The minimum atomic E-state index is -0.0865. The summed E-state index contributed by atoms with van der Waals surface area (Å²) in [5.74, 6) is 2.45. The average Bonchev–Trinajstić information content (AvgIpc) is 3.17. The second-order valence-corrected chi connectivity index (χ2v) is 8.72. The standard InChI is InChI=1S/C25H33N3O4/c1-18(29)16-27-22-8-7-21(30-2)13-24(22)31-17-20(15-26)28-11-9-25(10-12-28)14-19-5-3-4-6-23(19)32-25/h3-8,13,20,27H,9-12,14-17,26H2,1-2H3. The molecule has 0 amide bonds. The molecule has 0 aliphatic carbocycles. The van der Waals surface area contributed by atoms with Gasteiger partial charge in [0.2, 0.25) is 0 Å². The van der Waals surface area contributed by atoms with Crippen molar-refractivity contribution in [1.82, 2.24) is 4.90 Å². The molecule has 2 aliphatic rings. The number of benzene rings is 2. The van der Waals surface area contributed by atoms with Gasteiger partial charge in [-0.1, -0.05) is 18.2 Å². The van der Waals surface area contributed by atoms with Crippen molar-refractivity contribution in [2.45, 2.75) is 37.8 Å². The Morgan fingerprint density at radius 1 is 1.25 bits per heavy atom. The molecule has 7 nitrogen and oxygen atoms in total. The van der Waals surface area contributed by atoms with E-state index >= 15 is 0 Å². The third kappa shape index (κ3) is 5.00. The zero-order valence-corrected chi connectivity index (χ0v) is 18.9. The third-order valence-corrected chi connectivity index (χ3v) is 6.46. The van der Waals surface area contributed by atoms with Crippen molar-refractivity contribution in [2.75, 3.05) is 45.2 Å². The number of piperidine rings is 1. The highest BCUT2D eigenvalue weighted by atomic mass is 16.5. The highest BCUT2D eigenvalue weighted by Crippen LogP contribution is 2.41. The lowest BCUT2D eigenvalue weighted by atomic mass is 9.86. The van der Waals surface area contributed by atoms with E-state index < -0.39 is 0 Å². The third-order valence-electron chi connectivity index (χ3n) is 6.46. The smallest absolute Gasteiger partial charge is 0.148 e. The van der Waals surface area contributed by atoms with E-state index in [-0.39, 0.29) is 24.0 Å². The number of nitrogens with one attached hydrogen (secondary N) is 1. The fraction of sp³-hybridized carbons (Fsp3) is 0.480. The molecule has 172 valence electrons. The topological polar surface area (TPSA) is 86.0 Å². The second kappa shape index (κ2) is 9.79. The van der Waals surface area contributed by atoms with Gasteiger partial charge in [-0.05, 0) is 30.7 Å². The lowest BCUT2D eigenvalue weighted by Crippen LogP contribution is -2.53. The van der Waals surface area contributed by atoms with Crippen LogP contribution in [0.15, 0.2) is 42.5 Å². The van der Waals surface area contributed by atoms with Gasteiger partial charge in [0.15, 0.2) is 0 Å². The Bertz CT molecular complexity index is 914. The largest absolute Gasteiger partial charge is 0.497 e. The van der Waals surface area contributed by atoms with Gasteiger partial charge in [-0.25, -0.2) is 0 Å². The normalized spacial score (nSPS) is 18.0. The van der Waals surface area contributed by atoms with Crippen molar-refractivity contribution in [2.24, 2.45) is 5.73 Å². The van der Waals surface area contributed by atoms with Gasteiger partial charge >= 0.3 is 0 Å². The van der Waals surface area contributed by atoms with E-state index in [1.54, 1.807) is 14.0 Å². The lowest BCUT2D eigenvalue weighted by Gasteiger charge is -2.41. The highest BCUT2D eigenvalue weighted by molar-refractivity contribution is 5.81. The van der Waals surface area contributed by atoms with Crippen molar-refractivity contribution < 1.29 is 19.0 Å². The molecule has 2 aromatic carbocycles. The zero-order chi connectivity index (χ0) is 22.6. The van der Waals surface area contributed by atoms with E-state index in [2.05, 4.69) is 28.4 Å². The first-order valence-electron chi connectivity index (χ1n) is 11.3. The second-order valence-electron chi connectivity index (χ2n) is 8.72. The fourth-order valence-electron chi connectivity index (χ4n) is 4.56. The molecule has 0 saturated carbocycles. The van der Waals surface area contributed by atoms with Crippen LogP contribution in [0, 0.1) is 0 Å². The number of Topliss-reactive ketones (excluding diaryl/α,β-unsaturated/α-hetero) is 1. The molecule has 2 aromatic rings. The number of hydrogen-bond donors (Lipinski definition) is 2. The number of hydrogen-bond acceptors (Lipinski definition) is 7. The molecule has 4 rings (SSSR count). The van der Waals surface area contributed by atoms with Gasteiger partial charge in [0, 0.05) is 45.0 Å². The van der Waals surface area contributed by atoms with Gasteiger partial charge in [-0.2, -0.15) is 0 Å². The highest BCUT2D eigenvalue weighted by Gasteiger charge is 2.42. The molecule has 0 aromatic heterocycles. The number of fused-ring (bicyclic) bond motifs is 1. The lowest BCUT2D eigenvalue weighted by molar-refractivity contribution is -0.115. The van der Waals surface area contributed by atoms with Gasteiger partial charge in [-0.3, -0.25) is 9.69 Å². The van der Waals surface area contributed by atoms with Crippen LogP contribution in [0.2, 0.25) is 0 Å². The predicted octanol–water partition coefficient (Wildman–Crippen LogP) is 2.87. The molecule has 0 radical (unpaired) electrons. The minimum Gasteiger partial charge on any atom is -0.497 e. The predicted molar refractivity (Wildman–Crippen MR) is 125 cm³/mol. The first kappa shape index (κ1) is 22.4. The Labute approximate surface area is 189 Å². The number of likely N-dealkylation sites (tertiary alicyclic amines) is 1. The summed E-state index contributed by atoms with van der Waals surface area (Å²) < 4.78 is 17.9. The average molecular weight is 440 g/mol. The van der Waals surface area contributed by atoms with Crippen LogP contribution in [0.3, 0.4) is 0 Å². The van der Waals surface area contributed by atoms with Gasteiger partial charge < -0.3 is 25.3 Å².